The summed E-state index contributed by atoms with van der Waals surface area (Å²) in [6.07, 6.45) is 5.48. The number of carbonyl (C=O) groups is 1. The Balaban J connectivity index is 1.99. The van der Waals surface area contributed by atoms with Crippen LogP contribution in [0.1, 0.15) is 46.0 Å². The highest BCUT2D eigenvalue weighted by atomic mass is 32.2. The largest absolute Gasteiger partial charge is 0.360 e. The van der Waals surface area contributed by atoms with Crippen LogP contribution in [0.2, 0.25) is 0 Å². The van der Waals surface area contributed by atoms with Gasteiger partial charge in [-0.15, -0.1) is 0 Å². The third-order valence-electron chi connectivity index (χ3n) is 3.40. The van der Waals surface area contributed by atoms with Crippen LogP contribution in [0.15, 0.2) is 28.9 Å². The molecule has 1 aliphatic carbocycles. The van der Waals surface area contributed by atoms with Crippen LogP contribution in [0.25, 0.3) is 0 Å². The first kappa shape index (κ1) is 13.4. The molecule has 0 spiro atoms. The summed E-state index contributed by atoms with van der Waals surface area (Å²) < 4.78 is 18.5. The molecule has 20 heavy (non-hydrogen) atoms. The lowest BCUT2D eigenvalue weighted by Crippen LogP contribution is -2.06. The van der Waals surface area contributed by atoms with E-state index in [4.69, 9.17) is 4.52 Å². The number of carbonyl (C=O) groups excluding carboxylic acids is 1. The second kappa shape index (κ2) is 5.40. The van der Waals surface area contributed by atoms with E-state index in [0.717, 1.165) is 12.8 Å². The van der Waals surface area contributed by atoms with Crippen molar-refractivity contribution in [1.29, 1.82) is 0 Å². The van der Waals surface area contributed by atoms with Crippen molar-refractivity contribution in [2.75, 3.05) is 6.26 Å². The third-order valence-corrected chi connectivity index (χ3v) is 4.00. The quantitative estimate of drug-likeness (QED) is 0.786. The molecule has 0 aliphatic heterocycles. The number of nitrogens with zero attached hydrogens (tertiary/aromatic N) is 1. The molecule has 1 aliphatic rings. The van der Waals surface area contributed by atoms with Crippen LogP contribution < -0.4 is 0 Å². The zero-order valence-electron chi connectivity index (χ0n) is 11.1. The van der Waals surface area contributed by atoms with E-state index in [0.29, 0.717) is 34.1 Å². The zero-order valence-corrected chi connectivity index (χ0v) is 11.9. The van der Waals surface area contributed by atoms with Gasteiger partial charge >= 0.3 is 0 Å². The van der Waals surface area contributed by atoms with Crippen molar-refractivity contribution in [3.8, 4) is 0 Å². The molecule has 5 heteroatoms. The van der Waals surface area contributed by atoms with Gasteiger partial charge in [0.1, 0.15) is 5.82 Å². The Morgan fingerprint density at radius 1 is 1.45 bits per heavy atom. The Hall–Kier alpha value is -1.62. The summed E-state index contributed by atoms with van der Waals surface area (Å²) in [4.78, 5) is 12.6. The normalized spacial score (nSPS) is 14.5. The molecule has 0 saturated heterocycles. The van der Waals surface area contributed by atoms with Gasteiger partial charge in [0.05, 0.1) is 11.8 Å². The van der Waals surface area contributed by atoms with E-state index in [-0.39, 0.29) is 11.6 Å². The van der Waals surface area contributed by atoms with Crippen LogP contribution in [0.4, 0.5) is 4.39 Å². The molecule has 1 saturated carbocycles. The number of benzene rings is 1. The molecule has 0 amide bonds. The van der Waals surface area contributed by atoms with E-state index in [1.54, 1.807) is 17.8 Å². The van der Waals surface area contributed by atoms with E-state index in [9.17, 15) is 9.18 Å². The fraction of sp³-hybridized carbons (Fsp3) is 0.333. The highest BCUT2D eigenvalue weighted by Gasteiger charge is 2.33. The Morgan fingerprint density at radius 3 is 2.95 bits per heavy atom. The molecule has 1 aromatic carbocycles. The number of hydrogen-bond acceptors (Lipinski definition) is 4. The molecular formula is C15H14FNO2S. The first-order valence-corrected chi connectivity index (χ1v) is 7.86. The minimum atomic E-state index is -0.321. The summed E-state index contributed by atoms with van der Waals surface area (Å²) in [6.45, 7) is 0. The van der Waals surface area contributed by atoms with E-state index < -0.39 is 0 Å². The number of aromatic nitrogens is 1. The van der Waals surface area contributed by atoms with Crippen molar-refractivity contribution in [3.63, 3.8) is 0 Å². The van der Waals surface area contributed by atoms with E-state index in [1.165, 1.54) is 18.3 Å². The number of hydrogen-bond donors (Lipinski definition) is 0. The molecule has 104 valence electrons. The van der Waals surface area contributed by atoms with Gasteiger partial charge in [-0.2, -0.15) is 11.8 Å². The Bertz CT molecular complexity index is 649. The minimum absolute atomic E-state index is 0.128. The Morgan fingerprint density at radius 2 is 2.25 bits per heavy atom. The molecule has 3 rings (SSSR count). The standard InChI is InChI=1S/C15H14FNO2S/c1-20-8-10-6-11(16)4-5-12(10)14(18)13-7-17-19-15(13)9-2-3-9/h4-7,9H,2-3,8H2,1H3. The van der Waals surface area contributed by atoms with E-state index >= 15 is 0 Å². The number of rotatable bonds is 5. The molecule has 0 atom stereocenters. The summed E-state index contributed by atoms with van der Waals surface area (Å²) in [6, 6.07) is 4.29. The molecular weight excluding hydrogens is 277 g/mol. The van der Waals surface area contributed by atoms with Crippen LogP contribution in [0.3, 0.4) is 0 Å². The van der Waals surface area contributed by atoms with Crippen molar-refractivity contribution >= 4 is 17.5 Å². The second-order valence-corrected chi connectivity index (χ2v) is 5.81. The average Bonchev–Trinajstić information content (AvgIpc) is 3.16. The molecule has 3 nitrogen and oxygen atoms in total. The Kier molecular flexibility index (Phi) is 3.61. The molecule has 1 heterocycles. The van der Waals surface area contributed by atoms with Crippen molar-refractivity contribution in [2.45, 2.75) is 24.5 Å². The average molecular weight is 291 g/mol. The van der Waals surface area contributed by atoms with Gasteiger partial charge in [-0.3, -0.25) is 4.79 Å². The zero-order chi connectivity index (χ0) is 14.1. The van der Waals surface area contributed by atoms with Crippen molar-refractivity contribution in [3.05, 3.63) is 52.7 Å². The molecule has 0 N–H and O–H groups in total. The smallest absolute Gasteiger partial charge is 0.198 e. The lowest BCUT2D eigenvalue weighted by atomic mass is 9.98. The molecule has 1 aromatic heterocycles. The fourth-order valence-corrected chi connectivity index (χ4v) is 2.81. The SMILES string of the molecule is CSCc1cc(F)ccc1C(=O)c1cnoc1C1CC1. The van der Waals surface area contributed by atoms with Crippen LogP contribution >= 0.6 is 11.8 Å². The fourth-order valence-electron chi connectivity index (χ4n) is 2.26. The molecule has 0 unspecified atom stereocenters. The van der Waals surface area contributed by atoms with Crippen molar-refractivity contribution in [2.24, 2.45) is 0 Å². The van der Waals surface area contributed by atoms with Gasteiger partial charge in [0, 0.05) is 17.2 Å². The maximum Gasteiger partial charge on any atom is 0.198 e. The first-order valence-electron chi connectivity index (χ1n) is 6.47. The highest BCUT2D eigenvalue weighted by molar-refractivity contribution is 7.97. The van der Waals surface area contributed by atoms with Crippen LogP contribution in [-0.2, 0) is 5.75 Å². The molecule has 0 radical (unpaired) electrons. The van der Waals surface area contributed by atoms with E-state index in [1.807, 2.05) is 6.26 Å². The summed E-state index contributed by atoms with van der Waals surface area (Å²) in [5.74, 6) is 1.15. The van der Waals surface area contributed by atoms with Crippen LogP contribution in [0.5, 0.6) is 0 Å². The lowest BCUT2D eigenvalue weighted by molar-refractivity contribution is 0.103. The topological polar surface area (TPSA) is 43.1 Å². The van der Waals surface area contributed by atoms with Gasteiger partial charge in [-0.25, -0.2) is 4.39 Å². The van der Waals surface area contributed by atoms with Crippen molar-refractivity contribution in [1.82, 2.24) is 5.16 Å². The van der Waals surface area contributed by atoms with Gasteiger partial charge in [0.15, 0.2) is 11.5 Å². The predicted molar refractivity (Wildman–Crippen MR) is 75.5 cm³/mol. The predicted octanol–water partition coefficient (Wildman–Crippen LogP) is 3.79. The highest BCUT2D eigenvalue weighted by Crippen LogP contribution is 2.42. The van der Waals surface area contributed by atoms with Gasteiger partial charge in [0.25, 0.3) is 0 Å². The minimum Gasteiger partial charge on any atom is -0.360 e. The van der Waals surface area contributed by atoms with E-state index in [2.05, 4.69) is 5.16 Å². The number of ketones is 1. The van der Waals surface area contributed by atoms with Gasteiger partial charge in [-0.1, -0.05) is 5.16 Å². The monoisotopic (exact) mass is 291 g/mol. The molecule has 2 aromatic rings. The molecule has 1 fully saturated rings. The van der Waals surface area contributed by atoms with Crippen LogP contribution in [0, 0.1) is 5.82 Å². The summed E-state index contributed by atoms with van der Waals surface area (Å²) >= 11 is 1.56. The maximum atomic E-state index is 13.3. The Labute approximate surface area is 120 Å². The van der Waals surface area contributed by atoms with Crippen LogP contribution in [-0.4, -0.2) is 17.2 Å². The molecule has 0 bridgehead atoms. The number of halogens is 1. The second-order valence-electron chi connectivity index (χ2n) is 4.94. The van der Waals surface area contributed by atoms with Gasteiger partial charge in [-0.05, 0) is 42.9 Å². The van der Waals surface area contributed by atoms with Crippen molar-refractivity contribution < 1.29 is 13.7 Å². The first-order chi connectivity index (χ1) is 9.70. The summed E-state index contributed by atoms with van der Waals surface area (Å²) in [5.41, 5.74) is 1.76. The lowest BCUT2D eigenvalue weighted by Gasteiger charge is -2.07. The van der Waals surface area contributed by atoms with Gasteiger partial charge in [0.2, 0.25) is 0 Å². The third kappa shape index (κ3) is 2.50. The maximum absolute atomic E-state index is 13.3. The number of thioether (sulfide) groups is 1. The summed E-state index contributed by atoms with van der Waals surface area (Å²) in [5, 5.41) is 3.75. The van der Waals surface area contributed by atoms with Gasteiger partial charge < -0.3 is 4.52 Å². The summed E-state index contributed by atoms with van der Waals surface area (Å²) in [7, 11) is 0.